The summed E-state index contributed by atoms with van der Waals surface area (Å²) in [6, 6.07) is 2.58. The zero-order valence-electron chi connectivity index (χ0n) is 11.1. The fourth-order valence-electron chi connectivity index (χ4n) is 1.70. The Morgan fingerprint density at radius 1 is 1.57 bits per heavy atom. The molecule has 0 saturated heterocycles. The minimum atomic E-state index is -1.09. The van der Waals surface area contributed by atoms with Gasteiger partial charge >= 0.3 is 5.97 Å². The van der Waals surface area contributed by atoms with Gasteiger partial charge in [0.15, 0.2) is 10.8 Å². The summed E-state index contributed by atoms with van der Waals surface area (Å²) in [6.07, 6.45) is 3.21. The van der Waals surface area contributed by atoms with Gasteiger partial charge in [0.1, 0.15) is 6.04 Å². The first-order valence-electron chi connectivity index (χ1n) is 6.21. The van der Waals surface area contributed by atoms with Crippen LogP contribution >= 0.6 is 11.3 Å². The van der Waals surface area contributed by atoms with Crippen molar-refractivity contribution in [3.05, 3.63) is 42.1 Å². The Labute approximate surface area is 125 Å². The number of amides is 1. The average molecular weight is 306 g/mol. The van der Waals surface area contributed by atoms with Crippen LogP contribution in [0.5, 0.6) is 0 Å². The molecule has 1 atom stereocenters. The molecule has 2 rings (SSSR count). The maximum absolute atomic E-state index is 11.8. The van der Waals surface area contributed by atoms with Crippen molar-refractivity contribution in [2.24, 2.45) is 0 Å². The summed E-state index contributed by atoms with van der Waals surface area (Å²) >= 11 is 1.37. The van der Waals surface area contributed by atoms with E-state index in [1.54, 1.807) is 23.8 Å². The molecule has 1 amide bonds. The number of furan rings is 1. The Kier molecular flexibility index (Phi) is 4.89. The third-order valence-electron chi connectivity index (χ3n) is 2.66. The topological polar surface area (TPSA) is 92.4 Å². The van der Waals surface area contributed by atoms with E-state index in [0.717, 1.165) is 0 Å². The van der Waals surface area contributed by atoms with Gasteiger partial charge in [-0.25, -0.2) is 9.78 Å². The highest BCUT2D eigenvalue weighted by atomic mass is 32.1. The quantitative estimate of drug-likeness (QED) is 0.764. The predicted molar refractivity (Wildman–Crippen MR) is 77.9 cm³/mol. The van der Waals surface area contributed by atoms with Crippen molar-refractivity contribution in [1.29, 1.82) is 0 Å². The zero-order valence-corrected chi connectivity index (χ0v) is 11.9. The van der Waals surface area contributed by atoms with Gasteiger partial charge in [-0.1, -0.05) is 6.08 Å². The van der Waals surface area contributed by atoms with Gasteiger partial charge in [-0.3, -0.25) is 4.79 Å². The zero-order chi connectivity index (χ0) is 15.2. The Balaban J connectivity index is 1.96. The molecule has 2 N–H and O–H groups in total. The number of hydrogen-bond donors (Lipinski definition) is 2. The van der Waals surface area contributed by atoms with Crippen LogP contribution in [0.4, 0.5) is 0 Å². The van der Waals surface area contributed by atoms with Crippen molar-refractivity contribution in [2.45, 2.75) is 18.9 Å². The van der Waals surface area contributed by atoms with Crippen LogP contribution in [0.15, 0.2) is 40.8 Å². The SMILES string of the molecule is C=CCC(NC(=O)Cc1csc(-c2ccco2)n1)C(=O)O. The molecule has 0 aliphatic rings. The van der Waals surface area contributed by atoms with Crippen molar-refractivity contribution in [3.63, 3.8) is 0 Å². The molecule has 2 heterocycles. The summed E-state index contributed by atoms with van der Waals surface area (Å²) in [7, 11) is 0. The number of aromatic nitrogens is 1. The van der Waals surface area contributed by atoms with Crippen LogP contribution in [-0.2, 0) is 16.0 Å². The fraction of sp³-hybridized carbons (Fsp3) is 0.214. The number of carboxylic acids is 1. The van der Waals surface area contributed by atoms with Gasteiger partial charge in [-0.2, -0.15) is 0 Å². The highest BCUT2D eigenvalue weighted by Crippen LogP contribution is 2.24. The Morgan fingerprint density at radius 3 is 3.00 bits per heavy atom. The van der Waals surface area contributed by atoms with Crippen molar-refractivity contribution in [2.75, 3.05) is 0 Å². The van der Waals surface area contributed by atoms with Gasteiger partial charge in [-0.05, 0) is 18.6 Å². The van der Waals surface area contributed by atoms with E-state index in [0.29, 0.717) is 16.5 Å². The molecule has 1 unspecified atom stereocenters. The molecule has 21 heavy (non-hydrogen) atoms. The second-order valence-corrected chi connectivity index (χ2v) is 5.14. The maximum atomic E-state index is 11.8. The van der Waals surface area contributed by atoms with E-state index in [4.69, 9.17) is 9.52 Å². The van der Waals surface area contributed by atoms with Crippen LogP contribution < -0.4 is 5.32 Å². The molecule has 7 heteroatoms. The summed E-state index contributed by atoms with van der Waals surface area (Å²) in [5.74, 6) is -0.833. The van der Waals surface area contributed by atoms with E-state index in [1.165, 1.54) is 17.4 Å². The average Bonchev–Trinajstić information content (AvgIpc) is 3.08. The molecule has 2 aromatic heterocycles. The smallest absolute Gasteiger partial charge is 0.326 e. The molecule has 0 bridgehead atoms. The first kappa shape index (κ1) is 15.0. The van der Waals surface area contributed by atoms with Crippen molar-refractivity contribution in [3.8, 4) is 10.8 Å². The standard InChI is InChI=1S/C14H14N2O4S/c1-2-4-10(14(18)19)16-12(17)7-9-8-21-13(15-9)11-5-3-6-20-11/h2-3,5-6,8,10H,1,4,7H2,(H,16,17)(H,18,19). The minimum Gasteiger partial charge on any atom is -0.480 e. The Hall–Kier alpha value is -2.41. The number of nitrogens with zero attached hydrogens (tertiary/aromatic N) is 1. The van der Waals surface area contributed by atoms with Gasteiger partial charge in [0.05, 0.1) is 18.4 Å². The van der Waals surface area contributed by atoms with Gasteiger partial charge in [0, 0.05) is 5.38 Å². The van der Waals surface area contributed by atoms with Gasteiger partial charge in [0.2, 0.25) is 5.91 Å². The Morgan fingerprint density at radius 2 is 2.38 bits per heavy atom. The van der Waals surface area contributed by atoms with E-state index in [-0.39, 0.29) is 18.7 Å². The minimum absolute atomic E-state index is 0.0259. The van der Waals surface area contributed by atoms with E-state index >= 15 is 0 Å². The molecule has 0 spiro atoms. The number of rotatable bonds is 7. The van der Waals surface area contributed by atoms with Crippen LogP contribution in [0.2, 0.25) is 0 Å². The normalized spacial score (nSPS) is 11.8. The summed E-state index contributed by atoms with van der Waals surface area (Å²) in [6.45, 7) is 3.47. The lowest BCUT2D eigenvalue weighted by molar-refractivity contribution is -0.141. The summed E-state index contributed by atoms with van der Waals surface area (Å²) < 4.78 is 5.22. The number of hydrogen-bond acceptors (Lipinski definition) is 5. The molecule has 2 aromatic rings. The van der Waals surface area contributed by atoms with Crippen LogP contribution in [0.25, 0.3) is 10.8 Å². The van der Waals surface area contributed by atoms with Gasteiger partial charge in [0.25, 0.3) is 0 Å². The maximum Gasteiger partial charge on any atom is 0.326 e. The lowest BCUT2D eigenvalue weighted by Gasteiger charge is -2.11. The van der Waals surface area contributed by atoms with Gasteiger partial charge < -0.3 is 14.8 Å². The Bertz CT molecular complexity index is 633. The van der Waals surface area contributed by atoms with Crippen LogP contribution in [0.3, 0.4) is 0 Å². The molecule has 0 aromatic carbocycles. The molecule has 0 radical (unpaired) electrons. The largest absolute Gasteiger partial charge is 0.480 e. The van der Waals surface area contributed by atoms with Crippen LogP contribution in [0, 0.1) is 0 Å². The number of carbonyl (C=O) groups is 2. The predicted octanol–water partition coefficient (Wildman–Crippen LogP) is 2.09. The van der Waals surface area contributed by atoms with Crippen molar-refractivity contribution in [1.82, 2.24) is 10.3 Å². The van der Waals surface area contributed by atoms with E-state index < -0.39 is 12.0 Å². The van der Waals surface area contributed by atoms with E-state index in [9.17, 15) is 9.59 Å². The molecule has 0 saturated carbocycles. The van der Waals surface area contributed by atoms with Crippen molar-refractivity contribution < 1.29 is 19.1 Å². The molecule has 0 fully saturated rings. The monoisotopic (exact) mass is 306 g/mol. The number of nitrogens with one attached hydrogen (secondary N) is 1. The van der Waals surface area contributed by atoms with E-state index in [1.807, 2.05) is 0 Å². The second-order valence-electron chi connectivity index (χ2n) is 4.28. The first-order chi connectivity index (χ1) is 10.1. The highest BCUT2D eigenvalue weighted by molar-refractivity contribution is 7.13. The lowest BCUT2D eigenvalue weighted by Crippen LogP contribution is -2.41. The molecule has 110 valence electrons. The molecular formula is C14H14N2O4S. The number of carbonyl (C=O) groups excluding carboxylic acids is 1. The molecule has 0 aliphatic carbocycles. The third-order valence-corrected chi connectivity index (χ3v) is 3.57. The number of aliphatic carboxylic acids is 1. The number of thiazole rings is 1. The second kappa shape index (κ2) is 6.85. The van der Waals surface area contributed by atoms with Gasteiger partial charge in [-0.15, -0.1) is 17.9 Å². The lowest BCUT2D eigenvalue weighted by atomic mass is 10.2. The van der Waals surface area contributed by atoms with Crippen LogP contribution in [-0.4, -0.2) is 28.0 Å². The fourth-order valence-corrected chi connectivity index (χ4v) is 2.49. The summed E-state index contributed by atoms with van der Waals surface area (Å²) in [5, 5.41) is 13.8. The highest BCUT2D eigenvalue weighted by Gasteiger charge is 2.19. The summed E-state index contributed by atoms with van der Waals surface area (Å²) in [5.41, 5.74) is 0.576. The third kappa shape index (κ3) is 4.03. The van der Waals surface area contributed by atoms with E-state index in [2.05, 4.69) is 16.9 Å². The molecule has 6 nitrogen and oxygen atoms in total. The molecule has 0 aliphatic heterocycles. The molecular weight excluding hydrogens is 292 g/mol. The summed E-state index contributed by atoms with van der Waals surface area (Å²) in [4.78, 5) is 27.1. The van der Waals surface area contributed by atoms with Crippen LogP contribution in [0.1, 0.15) is 12.1 Å². The first-order valence-corrected chi connectivity index (χ1v) is 7.09. The van der Waals surface area contributed by atoms with Crippen molar-refractivity contribution >= 4 is 23.2 Å². The number of carboxylic acid groups (broad SMARTS) is 1.